The molecule has 1 rings (SSSR count). The van der Waals surface area contributed by atoms with Crippen molar-refractivity contribution in [3.63, 3.8) is 0 Å². The van der Waals surface area contributed by atoms with Gasteiger partial charge in [0.05, 0.1) is 6.54 Å². The number of nitrogens with zero attached hydrogens (tertiary/aromatic N) is 2. The highest BCUT2D eigenvalue weighted by molar-refractivity contribution is 5.81. The molecule has 5 heteroatoms. The Morgan fingerprint density at radius 1 is 1.50 bits per heavy atom. The molecule has 100 valence electrons. The lowest BCUT2D eigenvalue weighted by Gasteiger charge is -2.21. The molecule has 0 saturated heterocycles. The number of nitrogens with one attached hydrogen (secondary N) is 1. The SMILES string of the molecule is Cc1ccc(CN)c(N(C)CC(=O)NC(C)C)n1. The zero-order valence-electron chi connectivity index (χ0n) is 11.5. The maximum atomic E-state index is 11.7. The summed E-state index contributed by atoms with van der Waals surface area (Å²) in [6.07, 6.45) is 0. The van der Waals surface area contributed by atoms with Crippen molar-refractivity contribution in [2.45, 2.75) is 33.4 Å². The molecule has 0 atom stereocenters. The molecule has 0 aliphatic rings. The number of amides is 1. The molecule has 18 heavy (non-hydrogen) atoms. The molecule has 1 aromatic heterocycles. The lowest BCUT2D eigenvalue weighted by Crippen LogP contribution is -2.39. The van der Waals surface area contributed by atoms with Crippen LogP contribution in [0.3, 0.4) is 0 Å². The second-order valence-corrected chi connectivity index (χ2v) is 4.72. The summed E-state index contributed by atoms with van der Waals surface area (Å²) in [7, 11) is 1.85. The van der Waals surface area contributed by atoms with Crippen LogP contribution >= 0.6 is 0 Å². The van der Waals surface area contributed by atoms with Crippen molar-refractivity contribution in [1.29, 1.82) is 0 Å². The largest absolute Gasteiger partial charge is 0.352 e. The van der Waals surface area contributed by atoms with Gasteiger partial charge in [-0.1, -0.05) is 6.07 Å². The summed E-state index contributed by atoms with van der Waals surface area (Å²) in [5, 5.41) is 2.86. The van der Waals surface area contributed by atoms with E-state index in [1.165, 1.54) is 0 Å². The van der Waals surface area contributed by atoms with Crippen LogP contribution < -0.4 is 16.0 Å². The highest BCUT2D eigenvalue weighted by Gasteiger charge is 2.12. The van der Waals surface area contributed by atoms with Gasteiger partial charge in [-0.25, -0.2) is 4.98 Å². The van der Waals surface area contributed by atoms with Crippen molar-refractivity contribution in [3.05, 3.63) is 23.4 Å². The van der Waals surface area contributed by atoms with E-state index < -0.39 is 0 Å². The molecule has 3 N–H and O–H groups in total. The molecule has 0 bridgehead atoms. The highest BCUT2D eigenvalue weighted by atomic mass is 16.2. The molecular formula is C13H22N4O. The Hall–Kier alpha value is -1.62. The monoisotopic (exact) mass is 250 g/mol. The number of hydrogen-bond donors (Lipinski definition) is 2. The number of carbonyl (C=O) groups excluding carboxylic acids is 1. The first-order valence-corrected chi connectivity index (χ1v) is 6.11. The zero-order chi connectivity index (χ0) is 13.7. The molecule has 0 aliphatic carbocycles. The minimum atomic E-state index is -0.0150. The van der Waals surface area contributed by atoms with E-state index in [-0.39, 0.29) is 18.5 Å². The van der Waals surface area contributed by atoms with Gasteiger partial charge in [0.15, 0.2) is 0 Å². The Labute approximate surface area is 108 Å². The predicted octanol–water partition coefficient (Wildman–Crippen LogP) is 0.810. The molecule has 1 heterocycles. The number of aromatic nitrogens is 1. The first-order valence-electron chi connectivity index (χ1n) is 6.11. The number of nitrogens with two attached hydrogens (primary N) is 1. The molecule has 0 saturated carbocycles. The van der Waals surface area contributed by atoms with Crippen LogP contribution in [0.4, 0.5) is 5.82 Å². The van der Waals surface area contributed by atoms with Gasteiger partial charge in [0.2, 0.25) is 5.91 Å². The van der Waals surface area contributed by atoms with Crippen molar-refractivity contribution in [3.8, 4) is 0 Å². The second kappa shape index (κ2) is 6.35. The van der Waals surface area contributed by atoms with Crippen LogP contribution in [0, 0.1) is 6.92 Å². The van der Waals surface area contributed by atoms with Crippen LogP contribution in [0.15, 0.2) is 12.1 Å². The third kappa shape index (κ3) is 4.00. The van der Waals surface area contributed by atoms with E-state index in [2.05, 4.69) is 10.3 Å². The molecule has 5 nitrogen and oxygen atoms in total. The van der Waals surface area contributed by atoms with E-state index in [0.717, 1.165) is 17.1 Å². The maximum Gasteiger partial charge on any atom is 0.239 e. The van der Waals surface area contributed by atoms with E-state index >= 15 is 0 Å². The molecule has 1 amide bonds. The highest BCUT2D eigenvalue weighted by Crippen LogP contribution is 2.16. The maximum absolute atomic E-state index is 11.7. The summed E-state index contributed by atoms with van der Waals surface area (Å²) in [5.74, 6) is 0.759. The molecule has 0 unspecified atom stereocenters. The zero-order valence-corrected chi connectivity index (χ0v) is 11.5. The van der Waals surface area contributed by atoms with Gasteiger partial charge in [0, 0.05) is 30.9 Å². The summed E-state index contributed by atoms with van der Waals surface area (Å²) in [6.45, 7) is 6.49. The molecule has 0 aromatic carbocycles. The Morgan fingerprint density at radius 3 is 2.72 bits per heavy atom. The van der Waals surface area contributed by atoms with E-state index in [1.54, 1.807) is 0 Å². The lowest BCUT2D eigenvalue weighted by atomic mass is 10.2. The molecule has 0 fully saturated rings. The first-order chi connectivity index (χ1) is 8.43. The van der Waals surface area contributed by atoms with E-state index in [0.29, 0.717) is 6.54 Å². The van der Waals surface area contributed by atoms with Crippen molar-refractivity contribution in [2.75, 3.05) is 18.5 Å². The molecule has 1 aromatic rings. The van der Waals surface area contributed by atoms with Crippen molar-refractivity contribution in [1.82, 2.24) is 10.3 Å². The van der Waals surface area contributed by atoms with E-state index in [9.17, 15) is 4.79 Å². The summed E-state index contributed by atoms with van der Waals surface area (Å²) >= 11 is 0. The van der Waals surface area contributed by atoms with Gasteiger partial charge in [-0.15, -0.1) is 0 Å². The van der Waals surface area contributed by atoms with Crippen molar-refractivity contribution < 1.29 is 4.79 Å². The number of rotatable bonds is 5. The normalized spacial score (nSPS) is 10.6. The standard InChI is InChI=1S/C13H22N4O/c1-9(2)15-12(18)8-17(4)13-11(7-14)6-5-10(3)16-13/h5-6,9H,7-8,14H2,1-4H3,(H,15,18). The summed E-state index contributed by atoms with van der Waals surface area (Å²) in [6, 6.07) is 4.02. The van der Waals surface area contributed by atoms with Gasteiger partial charge in [-0.2, -0.15) is 0 Å². The number of anilines is 1. The fourth-order valence-corrected chi connectivity index (χ4v) is 1.72. The Bertz CT molecular complexity index is 417. The van der Waals surface area contributed by atoms with Crippen LogP contribution in [-0.4, -0.2) is 30.5 Å². The lowest BCUT2D eigenvalue weighted by molar-refractivity contribution is -0.120. The number of hydrogen-bond acceptors (Lipinski definition) is 4. The fourth-order valence-electron chi connectivity index (χ4n) is 1.72. The van der Waals surface area contributed by atoms with Crippen LogP contribution in [0.2, 0.25) is 0 Å². The van der Waals surface area contributed by atoms with Gasteiger partial charge < -0.3 is 16.0 Å². The van der Waals surface area contributed by atoms with Gasteiger partial charge in [-0.3, -0.25) is 4.79 Å². The summed E-state index contributed by atoms with van der Waals surface area (Å²) in [5.41, 5.74) is 7.54. The van der Waals surface area contributed by atoms with Crippen LogP contribution in [0.25, 0.3) is 0 Å². The predicted molar refractivity (Wildman–Crippen MR) is 73.4 cm³/mol. The van der Waals surface area contributed by atoms with E-state index in [4.69, 9.17) is 5.73 Å². The van der Waals surface area contributed by atoms with Crippen molar-refractivity contribution in [2.24, 2.45) is 5.73 Å². The quantitative estimate of drug-likeness (QED) is 0.811. The second-order valence-electron chi connectivity index (χ2n) is 4.72. The van der Waals surface area contributed by atoms with E-state index in [1.807, 2.05) is 44.9 Å². The average molecular weight is 250 g/mol. The Morgan fingerprint density at radius 2 is 2.17 bits per heavy atom. The number of likely N-dealkylation sites (N-methyl/N-ethyl adjacent to an activating group) is 1. The fraction of sp³-hybridized carbons (Fsp3) is 0.538. The number of carbonyl (C=O) groups is 1. The van der Waals surface area contributed by atoms with Crippen LogP contribution in [-0.2, 0) is 11.3 Å². The van der Waals surface area contributed by atoms with Gasteiger partial charge >= 0.3 is 0 Å². The van der Waals surface area contributed by atoms with Gasteiger partial charge in [-0.05, 0) is 26.8 Å². The molecular weight excluding hydrogens is 228 g/mol. The summed E-state index contributed by atoms with van der Waals surface area (Å²) < 4.78 is 0. The molecule has 0 spiro atoms. The van der Waals surface area contributed by atoms with Gasteiger partial charge in [0.1, 0.15) is 5.82 Å². The summed E-state index contributed by atoms with van der Waals surface area (Å²) in [4.78, 5) is 18.0. The first kappa shape index (κ1) is 14.4. The molecule has 0 radical (unpaired) electrons. The minimum Gasteiger partial charge on any atom is -0.352 e. The Kier molecular flexibility index (Phi) is 5.09. The van der Waals surface area contributed by atoms with Crippen LogP contribution in [0.5, 0.6) is 0 Å². The van der Waals surface area contributed by atoms with Crippen LogP contribution in [0.1, 0.15) is 25.1 Å². The minimum absolute atomic E-state index is 0.0150. The topological polar surface area (TPSA) is 71.2 Å². The Balaban J connectivity index is 2.80. The van der Waals surface area contributed by atoms with Gasteiger partial charge in [0.25, 0.3) is 0 Å². The van der Waals surface area contributed by atoms with Crippen molar-refractivity contribution >= 4 is 11.7 Å². The third-order valence-corrected chi connectivity index (χ3v) is 2.51. The smallest absolute Gasteiger partial charge is 0.239 e. The average Bonchev–Trinajstić information content (AvgIpc) is 2.27. The number of aryl methyl sites for hydroxylation is 1. The number of pyridine rings is 1. The molecule has 0 aliphatic heterocycles. The third-order valence-electron chi connectivity index (χ3n) is 2.51.